The second kappa shape index (κ2) is 2.98. The molecule has 0 amide bonds. The lowest BCUT2D eigenvalue weighted by Crippen LogP contribution is -2.11. The van der Waals surface area contributed by atoms with Crippen LogP contribution in [-0.2, 0) is 0 Å². The fourth-order valence-electron chi connectivity index (χ4n) is 0.239. The zero-order valence-electron chi connectivity index (χ0n) is 4.97. The van der Waals surface area contributed by atoms with Crippen LogP contribution < -0.4 is 0 Å². The van der Waals surface area contributed by atoms with E-state index in [0.29, 0.717) is 0 Å². The van der Waals surface area contributed by atoms with Gasteiger partial charge in [-0.25, -0.2) is 4.39 Å². The van der Waals surface area contributed by atoms with E-state index in [4.69, 9.17) is 0 Å². The van der Waals surface area contributed by atoms with Gasteiger partial charge in [0, 0.05) is 0 Å². The third-order valence-electron chi connectivity index (χ3n) is 0.773. The summed E-state index contributed by atoms with van der Waals surface area (Å²) < 4.78 is 68.1. The molecule has 0 radical (unpaired) electrons. The predicted octanol–water partition coefficient (Wildman–Crippen LogP) is 3.18. The summed E-state index contributed by atoms with van der Waals surface area (Å²) in [5, 5.41) is 0. The van der Waals surface area contributed by atoms with Gasteiger partial charge >= 0.3 is 12.3 Å². The van der Waals surface area contributed by atoms with Crippen molar-refractivity contribution in [3.8, 4) is 0 Å². The molecule has 0 atom stereocenters. The quantitative estimate of drug-likeness (QED) is 0.425. The summed E-state index contributed by atoms with van der Waals surface area (Å²) in [7, 11) is 0. The largest absolute Gasteiger partial charge is 0.418 e. The number of hydrogen-bond donors (Lipinski definition) is 0. The third-order valence-corrected chi connectivity index (χ3v) is 0.773. The van der Waals surface area contributed by atoms with Crippen LogP contribution >= 0.6 is 0 Å². The fraction of sp³-hybridized carbons (Fsp3) is 0.200. The van der Waals surface area contributed by atoms with Crippen molar-refractivity contribution >= 4 is 0 Å². The molecule has 0 aliphatic rings. The van der Waals surface area contributed by atoms with Gasteiger partial charge in [0.2, 0.25) is 0 Å². The molecule has 0 aromatic carbocycles. The SMILES string of the molecule is C=C(C(F)=C(F)F)C(F)(F)F. The lowest BCUT2D eigenvalue weighted by Gasteiger charge is -2.05. The topological polar surface area (TPSA) is 0 Å². The van der Waals surface area contributed by atoms with E-state index < -0.39 is 23.7 Å². The Labute approximate surface area is 57.8 Å². The van der Waals surface area contributed by atoms with E-state index in [1.54, 1.807) is 0 Å². The zero-order valence-corrected chi connectivity index (χ0v) is 4.97. The van der Waals surface area contributed by atoms with E-state index in [1.807, 2.05) is 0 Å². The van der Waals surface area contributed by atoms with Gasteiger partial charge in [-0.1, -0.05) is 6.58 Å². The van der Waals surface area contributed by atoms with Gasteiger partial charge in [0.25, 0.3) is 0 Å². The van der Waals surface area contributed by atoms with Gasteiger partial charge in [-0.3, -0.25) is 0 Å². The van der Waals surface area contributed by atoms with E-state index in [2.05, 4.69) is 6.58 Å². The van der Waals surface area contributed by atoms with Gasteiger partial charge in [0.15, 0.2) is 5.83 Å². The molecule has 0 aliphatic heterocycles. The van der Waals surface area contributed by atoms with Crippen molar-refractivity contribution in [2.24, 2.45) is 0 Å². The number of alkyl halides is 3. The minimum atomic E-state index is -5.15. The van der Waals surface area contributed by atoms with Crippen LogP contribution in [0.25, 0.3) is 0 Å². The molecule has 0 unspecified atom stereocenters. The molecule has 0 aliphatic carbocycles. The molecule has 0 N–H and O–H groups in total. The average molecular weight is 176 g/mol. The zero-order chi connectivity index (χ0) is 9.23. The van der Waals surface area contributed by atoms with Crippen molar-refractivity contribution in [1.82, 2.24) is 0 Å². The fourth-order valence-corrected chi connectivity index (χ4v) is 0.239. The Morgan fingerprint density at radius 3 is 1.45 bits per heavy atom. The van der Waals surface area contributed by atoms with Crippen LogP contribution in [-0.4, -0.2) is 6.18 Å². The molecule has 0 fully saturated rings. The highest BCUT2D eigenvalue weighted by Gasteiger charge is 2.36. The van der Waals surface area contributed by atoms with Gasteiger partial charge in [-0.15, -0.1) is 0 Å². The number of hydrogen-bond acceptors (Lipinski definition) is 0. The molecule has 0 heterocycles. The maximum atomic E-state index is 11.7. The van der Waals surface area contributed by atoms with Crippen molar-refractivity contribution in [3.63, 3.8) is 0 Å². The third kappa shape index (κ3) is 2.65. The molecule has 0 rings (SSSR count). The summed E-state index contributed by atoms with van der Waals surface area (Å²) in [4.78, 5) is 0. The summed E-state index contributed by atoms with van der Waals surface area (Å²) in [6.45, 7) is 2.11. The standard InChI is InChI=1S/C5H2F6/c1-2(5(9,10)11)3(6)4(7)8/h1H2. The Kier molecular flexibility index (Phi) is 2.72. The van der Waals surface area contributed by atoms with Gasteiger partial charge in [0.05, 0.1) is 5.57 Å². The maximum Gasteiger partial charge on any atom is 0.418 e. The minimum absolute atomic E-state index is 2.11. The lowest BCUT2D eigenvalue weighted by atomic mass is 10.3. The van der Waals surface area contributed by atoms with Crippen molar-refractivity contribution in [3.05, 3.63) is 24.1 Å². The highest BCUT2D eigenvalue weighted by molar-refractivity contribution is 5.26. The Morgan fingerprint density at radius 2 is 1.36 bits per heavy atom. The molecule has 0 aromatic rings. The first-order chi connectivity index (χ1) is 4.76. The highest BCUT2D eigenvalue weighted by Crippen LogP contribution is 2.32. The van der Waals surface area contributed by atoms with Crippen LogP contribution in [0.5, 0.6) is 0 Å². The first-order valence-electron chi connectivity index (χ1n) is 2.24. The van der Waals surface area contributed by atoms with Crippen molar-refractivity contribution in [1.29, 1.82) is 0 Å². The van der Waals surface area contributed by atoms with Gasteiger partial charge in [-0.2, -0.15) is 22.0 Å². The average Bonchev–Trinajstić information content (AvgIpc) is 1.82. The minimum Gasteiger partial charge on any atom is -0.200 e. The van der Waals surface area contributed by atoms with Gasteiger partial charge in [0.1, 0.15) is 0 Å². The van der Waals surface area contributed by atoms with E-state index >= 15 is 0 Å². The first-order valence-corrected chi connectivity index (χ1v) is 2.24. The maximum absolute atomic E-state index is 11.7. The molecule has 64 valence electrons. The Balaban J connectivity index is 4.67. The predicted molar refractivity (Wildman–Crippen MR) is 25.5 cm³/mol. The summed E-state index contributed by atoms with van der Waals surface area (Å²) in [6.07, 6.45) is -8.17. The summed E-state index contributed by atoms with van der Waals surface area (Å²) in [6, 6.07) is 0. The monoisotopic (exact) mass is 176 g/mol. The number of allylic oxidation sites excluding steroid dienone is 2. The van der Waals surface area contributed by atoms with Crippen LogP contribution in [0.15, 0.2) is 24.1 Å². The second-order valence-corrected chi connectivity index (χ2v) is 1.55. The molecular weight excluding hydrogens is 174 g/mol. The summed E-state index contributed by atoms with van der Waals surface area (Å²) in [5.74, 6) is -2.61. The molecule has 0 bridgehead atoms. The molecule has 6 heteroatoms. The van der Waals surface area contributed by atoms with Crippen molar-refractivity contribution in [2.45, 2.75) is 6.18 Å². The Bertz CT molecular complexity index is 194. The van der Waals surface area contributed by atoms with Crippen molar-refractivity contribution < 1.29 is 26.3 Å². The lowest BCUT2D eigenvalue weighted by molar-refractivity contribution is -0.0912. The van der Waals surface area contributed by atoms with Crippen LogP contribution in [0.2, 0.25) is 0 Å². The van der Waals surface area contributed by atoms with Crippen LogP contribution in [0.1, 0.15) is 0 Å². The molecule has 0 saturated heterocycles. The van der Waals surface area contributed by atoms with E-state index in [1.165, 1.54) is 0 Å². The molecule has 0 saturated carbocycles. The van der Waals surface area contributed by atoms with Gasteiger partial charge in [-0.05, 0) is 0 Å². The van der Waals surface area contributed by atoms with Crippen molar-refractivity contribution in [2.75, 3.05) is 0 Å². The second-order valence-electron chi connectivity index (χ2n) is 1.55. The first kappa shape index (κ1) is 10.1. The Hall–Kier alpha value is -0.940. The number of rotatable bonds is 1. The molecule has 0 spiro atoms. The van der Waals surface area contributed by atoms with Crippen LogP contribution in [0.4, 0.5) is 26.3 Å². The normalized spacial score (nSPS) is 11.1. The molecule has 0 aromatic heterocycles. The van der Waals surface area contributed by atoms with Gasteiger partial charge < -0.3 is 0 Å². The van der Waals surface area contributed by atoms with E-state index in [-0.39, 0.29) is 0 Å². The number of halogens is 6. The summed E-state index contributed by atoms with van der Waals surface area (Å²) in [5.41, 5.74) is -2.17. The highest BCUT2D eigenvalue weighted by atomic mass is 19.4. The Morgan fingerprint density at radius 1 is 1.00 bits per heavy atom. The van der Waals surface area contributed by atoms with E-state index in [9.17, 15) is 26.3 Å². The van der Waals surface area contributed by atoms with E-state index in [0.717, 1.165) is 0 Å². The molecule has 11 heavy (non-hydrogen) atoms. The smallest absolute Gasteiger partial charge is 0.200 e. The molecular formula is C5H2F6. The van der Waals surface area contributed by atoms with Crippen LogP contribution in [0.3, 0.4) is 0 Å². The summed E-state index contributed by atoms with van der Waals surface area (Å²) >= 11 is 0. The van der Waals surface area contributed by atoms with Crippen LogP contribution in [0, 0.1) is 0 Å². The molecule has 0 nitrogen and oxygen atoms in total.